The van der Waals surface area contributed by atoms with E-state index in [2.05, 4.69) is 90.4 Å². The van der Waals surface area contributed by atoms with Crippen LogP contribution in [0.15, 0.2) is 60.1 Å². The van der Waals surface area contributed by atoms with E-state index in [9.17, 15) is 39.0 Å². The van der Waals surface area contributed by atoms with Crippen LogP contribution in [-0.4, -0.2) is 58.2 Å². The van der Waals surface area contributed by atoms with Gasteiger partial charge in [0.1, 0.15) is 24.7 Å². The molecule has 2 atom stereocenters. The highest BCUT2D eigenvalue weighted by Crippen LogP contribution is 2.27. The molecule has 0 fully saturated rings. The van der Waals surface area contributed by atoms with Gasteiger partial charge < -0.3 is 29.2 Å². The first-order valence-electron chi connectivity index (χ1n) is 15.3. The molecule has 2 unspecified atom stereocenters. The maximum absolute atomic E-state index is 12.9. The largest absolute Gasteiger partial charge is 0.478 e. The molecule has 54 heavy (non-hydrogen) atoms. The van der Waals surface area contributed by atoms with Gasteiger partial charge in [0.05, 0.1) is 33.4 Å². The Morgan fingerprint density at radius 2 is 1.06 bits per heavy atom. The van der Waals surface area contributed by atoms with Crippen LogP contribution in [0.25, 0.3) is 0 Å². The number of carbonyl (C=O) groups is 6. The molecule has 0 saturated carbocycles. The van der Waals surface area contributed by atoms with Crippen LogP contribution in [0.1, 0.15) is 80.3 Å². The molecule has 0 radical (unpaired) electrons. The molecule has 0 heterocycles. The molecule has 3 aromatic carbocycles. The van der Waals surface area contributed by atoms with Gasteiger partial charge in [-0.3, -0.25) is 0 Å². The van der Waals surface area contributed by atoms with Crippen LogP contribution in [0, 0.1) is 21.4 Å². The standard InChI is InChI=1S/C36H28I6O12/c1-15(13-51-35(49)24-9-20(37)11-26(39)29(24)41)33(47)53-17(3)7-19-5-6-22(31(43)44)28(32(45)46)23(19)8-18(4)54-34(48)16(2)14-52-36(50)25-10-21(38)12-27(40)30(25)42/h5-6,9-14,17-18H,7-8H2,1-4H3,(H,43,44)(H,45,46). The van der Waals surface area contributed by atoms with Gasteiger partial charge in [-0.25, -0.2) is 28.8 Å². The average molecular weight is 1410 g/mol. The molecular formula is C36H28I6O12. The van der Waals surface area contributed by atoms with Crippen LogP contribution in [0.4, 0.5) is 0 Å². The predicted molar refractivity (Wildman–Crippen MR) is 246 cm³/mol. The Morgan fingerprint density at radius 1 is 0.630 bits per heavy atom. The molecule has 0 amide bonds. The topological polar surface area (TPSA) is 180 Å². The van der Waals surface area contributed by atoms with Gasteiger partial charge in [-0.05, 0) is 205 Å². The van der Waals surface area contributed by atoms with Crippen molar-refractivity contribution in [1.29, 1.82) is 0 Å². The lowest BCUT2D eigenvalue weighted by atomic mass is 9.89. The number of esters is 4. The van der Waals surface area contributed by atoms with E-state index in [1.54, 1.807) is 19.1 Å². The molecule has 0 bridgehead atoms. The van der Waals surface area contributed by atoms with Crippen molar-refractivity contribution in [3.05, 3.63) is 115 Å². The Labute approximate surface area is 391 Å². The van der Waals surface area contributed by atoms with E-state index in [-0.39, 0.29) is 29.6 Å². The first kappa shape index (κ1) is 46.7. The van der Waals surface area contributed by atoms with Gasteiger partial charge >= 0.3 is 35.8 Å². The number of benzene rings is 3. The first-order valence-corrected chi connectivity index (χ1v) is 21.8. The summed E-state index contributed by atoms with van der Waals surface area (Å²) in [6.07, 6.45) is -0.139. The van der Waals surface area contributed by atoms with Crippen LogP contribution >= 0.6 is 136 Å². The van der Waals surface area contributed by atoms with Gasteiger partial charge in [-0.2, -0.15) is 0 Å². The van der Waals surface area contributed by atoms with E-state index < -0.39 is 59.2 Å². The maximum Gasteiger partial charge on any atom is 0.344 e. The van der Waals surface area contributed by atoms with E-state index in [0.717, 1.165) is 32.9 Å². The van der Waals surface area contributed by atoms with Gasteiger partial charge in [0.25, 0.3) is 0 Å². The summed E-state index contributed by atoms with van der Waals surface area (Å²) in [5.41, 5.74) is -0.0125. The summed E-state index contributed by atoms with van der Waals surface area (Å²) in [5.74, 6) is -5.99. The quantitative estimate of drug-likeness (QED) is 0.0391. The van der Waals surface area contributed by atoms with Gasteiger partial charge in [0.15, 0.2) is 0 Å². The van der Waals surface area contributed by atoms with Crippen LogP contribution in [0.2, 0.25) is 0 Å². The molecule has 3 aromatic rings. The lowest BCUT2D eigenvalue weighted by Gasteiger charge is -2.21. The fraction of sp³-hybridized carbons (Fsp3) is 0.222. The van der Waals surface area contributed by atoms with Crippen molar-refractivity contribution in [1.82, 2.24) is 0 Å². The summed E-state index contributed by atoms with van der Waals surface area (Å²) < 4.78 is 26.3. The van der Waals surface area contributed by atoms with Crippen LogP contribution in [0.5, 0.6) is 0 Å². The number of ether oxygens (including phenoxy) is 4. The van der Waals surface area contributed by atoms with Crippen molar-refractivity contribution in [2.45, 2.75) is 52.7 Å². The Balaban J connectivity index is 1.77. The average Bonchev–Trinajstić information content (AvgIpc) is 3.08. The fourth-order valence-electron chi connectivity index (χ4n) is 4.69. The summed E-state index contributed by atoms with van der Waals surface area (Å²) in [6.45, 7) is 5.83. The molecule has 0 saturated heterocycles. The van der Waals surface area contributed by atoms with Crippen LogP contribution in [0.3, 0.4) is 0 Å². The number of carboxylic acid groups (broad SMARTS) is 2. The van der Waals surface area contributed by atoms with Crippen molar-refractivity contribution < 1.29 is 57.9 Å². The van der Waals surface area contributed by atoms with Crippen LogP contribution < -0.4 is 0 Å². The number of hydrogen-bond donors (Lipinski definition) is 2. The second-order valence-corrected chi connectivity index (χ2v) is 18.5. The Kier molecular flexibility index (Phi) is 18.3. The summed E-state index contributed by atoms with van der Waals surface area (Å²) in [5, 5.41) is 19.9. The van der Waals surface area contributed by atoms with Gasteiger partial charge in [-0.15, -0.1) is 0 Å². The molecule has 0 aliphatic heterocycles. The number of aromatic carboxylic acids is 2. The molecule has 0 aliphatic carbocycles. The summed E-state index contributed by atoms with van der Waals surface area (Å²) in [6, 6.07) is 9.68. The van der Waals surface area contributed by atoms with Crippen molar-refractivity contribution in [2.24, 2.45) is 0 Å². The monoisotopic (exact) mass is 1410 g/mol. The number of carboxylic acids is 2. The molecule has 0 aromatic heterocycles. The van der Waals surface area contributed by atoms with Crippen molar-refractivity contribution in [3.8, 4) is 0 Å². The second kappa shape index (κ2) is 21.2. The van der Waals surface area contributed by atoms with Crippen molar-refractivity contribution in [2.75, 3.05) is 0 Å². The zero-order valence-electron chi connectivity index (χ0n) is 28.4. The van der Waals surface area contributed by atoms with Crippen molar-refractivity contribution in [3.63, 3.8) is 0 Å². The van der Waals surface area contributed by atoms with E-state index in [0.29, 0.717) is 23.8 Å². The summed E-state index contributed by atoms with van der Waals surface area (Å²) in [4.78, 5) is 75.7. The summed E-state index contributed by atoms with van der Waals surface area (Å²) >= 11 is 12.4. The number of carbonyl (C=O) groups excluding carboxylic acids is 4. The third kappa shape index (κ3) is 12.9. The third-order valence-electron chi connectivity index (χ3n) is 7.22. The Morgan fingerprint density at radius 3 is 1.46 bits per heavy atom. The molecule has 18 heteroatoms. The molecule has 0 spiro atoms. The molecule has 3 rings (SSSR count). The number of hydrogen-bond acceptors (Lipinski definition) is 10. The Hall–Kier alpha value is -1.66. The smallest absolute Gasteiger partial charge is 0.344 e. The highest BCUT2D eigenvalue weighted by Gasteiger charge is 2.27. The molecule has 286 valence electrons. The Bertz CT molecular complexity index is 2090. The van der Waals surface area contributed by atoms with Gasteiger partial charge in [-0.1, -0.05) is 6.07 Å². The molecule has 12 nitrogen and oxygen atoms in total. The molecule has 0 aliphatic rings. The molecular weight excluding hydrogens is 1390 g/mol. The summed E-state index contributed by atoms with van der Waals surface area (Å²) in [7, 11) is 0. The van der Waals surface area contributed by atoms with Crippen LogP contribution in [-0.2, 0) is 41.4 Å². The highest BCUT2D eigenvalue weighted by molar-refractivity contribution is 14.1. The first-order chi connectivity index (χ1) is 25.2. The lowest BCUT2D eigenvalue weighted by Crippen LogP contribution is -2.24. The highest BCUT2D eigenvalue weighted by atomic mass is 127. The van der Waals surface area contributed by atoms with E-state index in [1.807, 2.05) is 57.3 Å². The third-order valence-corrected chi connectivity index (χ3v) is 14.6. The van der Waals surface area contributed by atoms with E-state index >= 15 is 0 Å². The fourth-order valence-corrected chi connectivity index (χ4v) is 9.44. The second-order valence-electron chi connectivity index (χ2n) is 11.5. The van der Waals surface area contributed by atoms with Gasteiger partial charge in [0, 0.05) is 34.3 Å². The normalized spacial score (nSPS) is 12.7. The minimum absolute atomic E-state index is 0.0177. The lowest BCUT2D eigenvalue weighted by molar-refractivity contribution is -0.144. The zero-order valence-corrected chi connectivity index (χ0v) is 41.4. The SMILES string of the molecule is CC(=COC(=O)c1cc(I)cc(I)c1I)C(=O)OC(C)Cc1ccc(C(=O)O)c(C(=O)O)c1CC(C)OC(=O)C(C)=COC(=O)c1cc(I)cc(I)c1I. The van der Waals surface area contributed by atoms with Gasteiger partial charge in [0.2, 0.25) is 0 Å². The zero-order chi connectivity index (χ0) is 40.6. The molecule has 2 N–H and O–H groups in total. The minimum atomic E-state index is -1.52. The number of halogens is 6. The minimum Gasteiger partial charge on any atom is -0.478 e. The number of rotatable bonds is 14. The maximum atomic E-state index is 12.9. The van der Waals surface area contributed by atoms with E-state index in [4.69, 9.17) is 18.9 Å². The van der Waals surface area contributed by atoms with E-state index in [1.165, 1.54) is 26.8 Å². The van der Waals surface area contributed by atoms with Crippen molar-refractivity contribution >= 4 is 171 Å². The predicted octanol–water partition coefficient (Wildman–Crippen LogP) is 9.18.